The van der Waals surface area contributed by atoms with E-state index in [1.54, 1.807) is 12.5 Å². The minimum Gasteiger partial charge on any atom is -0.323 e. The smallest absolute Gasteiger partial charge is 0.168 e. The zero-order chi connectivity index (χ0) is 18.4. The van der Waals surface area contributed by atoms with Crippen LogP contribution in [0.3, 0.4) is 0 Å². The molecule has 0 radical (unpaired) electrons. The number of benzene rings is 1. The highest BCUT2D eigenvalue weighted by molar-refractivity contribution is 5.88. The Bertz CT molecular complexity index is 1090. The van der Waals surface area contributed by atoms with E-state index in [0.29, 0.717) is 11.9 Å². The van der Waals surface area contributed by atoms with Gasteiger partial charge in [0.1, 0.15) is 12.1 Å². The number of para-hydroxylation sites is 1. The molecule has 1 aromatic carbocycles. The first-order chi connectivity index (χ1) is 13.2. The predicted molar refractivity (Wildman–Crippen MR) is 104 cm³/mol. The summed E-state index contributed by atoms with van der Waals surface area (Å²) in [6, 6.07) is 12.5. The molecule has 7 nitrogen and oxygen atoms in total. The molecule has 1 aliphatic rings. The van der Waals surface area contributed by atoms with Gasteiger partial charge in [-0.05, 0) is 44.7 Å². The first-order valence-electron chi connectivity index (χ1n) is 9.28. The van der Waals surface area contributed by atoms with Crippen LogP contribution in [0.2, 0.25) is 0 Å². The average molecular weight is 359 g/mol. The van der Waals surface area contributed by atoms with Crippen molar-refractivity contribution in [3.05, 3.63) is 54.6 Å². The molecule has 1 atom stereocenters. The quantitative estimate of drug-likeness (QED) is 0.582. The standard InChI is InChI=1S/C20H21N7/c1-13-10-18(25-26(13)14(2)15-8-9-15)24-19-17-11-23-27(20(17)22-12-21-19)16-6-4-3-5-7-16/h3-7,10-12,14-15H,8-9H2,1-2H3,(H,21,22,24,25). The Morgan fingerprint density at radius 2 is 1.96 bits per heavy atom. The predicted octanol–water partition coefficient (Wildman–Crippen LogP) is 4.04. The number of fused-ring (bicyclic) bond motifs is 1. The zero-order valence-corrected chi connectivity index (χ0v) is 15.4. The number of nitrogens with zero attached hydrogens (tertiary/aromatic N) is 6. The van der Waals surface area contributed by atoms with Crippen molar-refractivity contribution in [2.45, 2.75) is 32.7 Å². The molecule has 0 saturated heterocycles. The topological polar surface area (TPSA) is 73.5 Å². The maximum atomic E-state index is 4.76. The van der Waals surface area contributed by atoms with Gasteiger partial charge in [-0.15, -0.1) is 0 Å². The van der Waals surface area contributed by atoms with Crippen molar-refractivity contribution in [2.75, 3.05) is 5.32 Å². The highest BCUT2D eigenvalue weighted by Gasteiger charge is 2.30. The number of aromatic nitrogens is 6. The Morgan fingerprint density at radius 1 is 1.15 bits per heavy atom. The van der Waals surface area contributed by atoms with Crippen LogP contribution in [0.1, 0.15) is 31.5 Å². The highest BCUT2D eigenvalue weighted by Crippen LogP contribution is 2.40. The minimum absolute atomic E-state index is 0.437. The van der Waals surface area contributed by atoms with E-state index in [1.807, 2.05) is 35.0 Å². The third-order valence-electron chi connectivity index (χ3n) is 5.23. The van der Waals surface area contributed by atoms with Crippen molar-refractivity contribution >= 4 is 22.7 Å². The SMILES string of the molecule is Cc1cc(Nc2ncnc3c2cnn3-c2ccccc2)nn1C(C)C1CC1. The maximum absolute atomic E-state index is 4.76. The number of rotatable bonds is 5. The van der Waals surface area contributed by atoms with Gasteiger partial charge >= 0.3 is 0 Å². The molecule has 3 aromatic heterocycles. The maximum Gasteiger partial charge on any atom is 0.168 e. The van der Waals surface area contributed by atoms with Gasteiger partial charge in [-0.3, -0.25) is 4.68 Å². The van der Waals surface area contributed by atoms with Gasteiger partial charge in [-0.2, -0.15) is 10.2 Å². The van der Waals surface area contributed by atoms with Crippen LogP contribution < -0.4 is 5.32 Å². The van der Waals surface area contributed by atoms with Crippen LogP contribution in [0.4, 0.5) is 11.6 Å². The van der Waals surface area contributed by atoms with E-state index < -0.39 is 0 Å². The molecule has 3 heterocycles. The third kappa shape index (κ3) is 2.85. The van der Waals surface area contributed by atoms with E-state index in [4.69, 9.17) is 5.10 Å². The fourth-order valence-electron chi connectivity index (χ4n) is 3.56. The third-order valence-corrected chi connectivity index (χ3v) is 5.23. The Kier molecular flexibility index (Phi) is 3.67. The van der Waals surface area contributed by atoms with E-state index in [9.17, 15) is 0 Å². The van der Waals surface area contributed by atoms with Crippen molar-refractivity contribution < 1.29 is 0 Å². The number of hydrogen-bond acceptors (Lipinski definition) is 5. The van der Waals surface area contributed by atoms with Gasteiger partial charge in [0, 0.05) is 11.8 Å². The molecule has 1 fully saturated rings. The van der Waals surface area contributed by atoms with Gasteiger partial charge in [-0.1, -0.05) is 18.2 Å². The average Bonchev–Trinajstić information content (AvgIpc) is 3.35. The van der Waals surface area contributed by atoms with Crippen LogP contribution in [-0.2, 0) is 0 Å². The van der Waals surface area contributed by atoms with Crippen molar-refractivity contribution in [1.29, 1.82) is 0 Å². The fraction of sp³-hybridized carbons (Fsp3) is 0.300. The lowest BCUT2D eigenvalue weighted by atomic mass is 10.2. The van der Waals surface area contributed by atoms with E-state index in [-0.39, 0.29) is 0 Å². The lowest BCUT2D eigenvalue weighted by Gasteiger charge is -2.12. The molecule has 5 rings (SSSR count). The van der Waals surface area contributed by atoms with Gasteiger partial charge in [0.25, 0.3) is 0 Å². The Balaban J connectivity index is 1.49. The molecule has 0 aliphatic heterocycles. The normalized spacial score (nSPS) is 15.2. The molecular weight excluding hydrogens is 338 g/mol. The minimum atomic E-state index is 0.437. The first kappa shape index (κ1) is 16.0. The number of hydrogen-bond donors (Lipinski definition) is 1. The lowest BCUT2D eigenvalue weighted by Crippen LogP contribution is -2.10. The van der Waals surface area contributed by atoms with Gasteiger partial charge in [0.05, 0.1) is 23.3 Å². The van der Waals surface area contributed by atoms with Crippen LogP contribution in [0.15, 0.2) is 48.9 Å². The summed E-state index contributed by atoms with van der Waals surface area (Å²) >= 11 is 0. The Hall–Kier alpha value is -3.22. The number of anilines is 2. The molecule has 0 amide bonds. The van der Waals surface area contributed by atoms with E-state index in [0.717, 1.165) is 34.2 Å². The van der Waals surface area contributed by atoms with Crippen molar-refractivity contribution in [3.8, 4) is 5.69 Å². The molecular formula is C20H21N7. The van der Waals surface area contributed by atoms with Crippen LogP contribution in [0.25, 0.3) is 16.7 Å². The Morgan fingerprint density at radius 3 is 2.74 bits per heavy atom. The summed E-state index contributed by atoms with van der Waals surface area (Å²) in [7, 11) is 0. The number of aryl methyl sites for hydroxylation is 1. The van der Waals surface area contributed by atoms with Crippen molar-refractivity contribution in [3.63, 3.8) is 0 Å². The molecule has 0 bridgehead atoms. The summed E-state index contributed by atoms with van der Waals surface area (Å²) in [6.07, 6.45) is 5.95. The van der Waals surface area contributed by atoms with E-state index in [2.05, 4.69) is 45.0 Å². The number of nitrogens with one attached hydrogen (secondary N) is 1. The van der Waals surface area contributed by atoms with Crippen molar-refractivity contribution in [2.24, 2.45) is 5.92 Å². The van der Waals surface area contributed by atoms with Gasteiger partial charge in [-0.25, -0.2) is 14.6 Å². The molecule has 1 saturated carbocycles. The Labute approximate surface area is 157 Å². The summed E-state index contributed by atoms with van der Waals surface area (Å²) < 4.78 is 3.94. The van der Waals surface area contributed by atoms with Gasteiger partial charge < -0.3 is 5.32 Å². The second kappa shape index (κ2) is 6.19. The molecule has 27 heavy (non-hydrogen) atoms. The summed E-state index contributed by atoms with van der Waals surface area (Å²) in [5, 5.41) is 13.5. The molecule has 1 N–H and O–H groups in total. The summed E-state index contributed by atoms with van der Waals surface area (Å²) in [5.74, 6) is 2.27. The molecule has 4 aromatic rings. The molecule has 1 unspecified atom stereocenters. The van der Waals surface area contributed by atoms with Crippen LogP contribution in [-0.4, -0.2) is 29.5 Å². The monoisotopic (exact) mass is 359 g/mol. The molecule has 7 heteroatoms. The van der Waals surface area contributed by atoms with Crippen LogP contribution in [0.5, 0.6) is 0 Å². The van der Waals surface area contributed by atoms with E-state index in [1.165, 1.54) is 12.8 Å². The first-order valence-corrected chi connectivity index (χ1v) is 9.28. The van der Waals surface area contributed by atoms with Crippen LogP contribution >= 0.6 is 0 Å². The van der Waals surface area contributed by atoms with Gasteiger partial charge in [0.15, 0.2) is 11.5 Å². The second-order valence-electron chi connectivity index (χ2n) is 7.17. The van der Waals surface area contributed by atoms with Gasteiger partial charge in [0.2, 0.25) is 0 Å². The molecule has 136 valence electrons. The summed E-state index contributed by atoms with van der Waals surface area (Å²) in [5.41, 5.74) is 2.89. The zero-order valence-electron chi connectivity index (χ0n) is 15.4. The lowest BCUT2D eigenvalue weighted by molar-refractivity contribution is 0.432. The van der Waals surface area contributed by atoms with E-state index >= 15 is 0 Å². The summed E-state index contributed by atoms with van der Waals surface area (Å²) in [6.45, 7) is 4.34. The molecule has 1 aliphatic carbocycles. The molecule has 0 spiro atoms. The van der Waals surface area contributed by atoms with Crippen molar-refractivity contribution in [1.82, 2.24) is 29.5 Å². The highest BCUT2D eigenvalue weighted by atomic mass is 15.3. The largest absolute Gasteiger partial charge is 0.323 e. The fourth-order valence-corrected chi connectivity index (χ4v) is 3.56. The second-order valence-corrected chi connectivity index (χ2v) is 7.17. The van der Waals surface area contributed by atoms with Crippen LogP contribution in [0, 0.1) is 12.8 Å². The summed E-state index contributed by atoms with van der Waals surface area (Å²) in [4.78, 5) is 8.84.